The molecule has 1 aromatic heterocycles. The molecule has 2 heteroatoms. The third-order valence-electron chi connectivity index (χ3n) is 1.76. The molecule has 0 unspecified atom stereocenters. The second-order valence-electron chi connectivity index (χ2n) is 2.59. The van der Waals surface area contributed by atoms with Gasteiger partial charge in [0.15, 0.2) is 5.76 Å². The van der Waals surface area contributed by atoms with E-state index in [4.69, 9.17) is 4.52 Å². The molecule has 2 rings (SSSR count). The van der Waals surface area contributed by atoms with Crippen molar-refractivity contribution in [3.05, 3.63) is 29.2 Å². The van der Waals surface area contributed by atoms with Gasteiger partial charge in [0.25, 0.3) is 0 Å². The van der Waals surface area contributed by atoms with Crippen molar-refractivity contribution < 1.29 is 4.52 Å². The van der Waals surface area contributed by atoms with E-state index in [1.807, 2.05) is 13.0 Å². The van der Waals surface area contributed by atoms with Crippen molar-refractivity contribution >= 4 is 12.2 Å². The molecule has 0 fully saturated rings. The van der Waals surface area contributed by atoms with Crippen LogP contribution in [0.25, 0.3) is 12.2 Å². The van der Waals surface area contributed by atoms with Crippen LogP contribution in [0, 0.1) is 6.92 Å². The maximum absolute atomic E-state index is 5.08. The van der Waals surface area contributed by atoms with E-state index in [1.165, 1.54) is 0 Å². The molecule has 0 amide bonds. The van der Waals surface area contributed by atoms with E-state index in [-0.39, 0.29) is 0 Å². The zero-order valence-electron chi connectivity index (χ0n) is 6.37. The first-order chi connectivity index (χ1) is 5.38. The van der Waals surface area contributed by atoms with Gasteiger partial charge in [-0.1, -0.05) is 23.4 Å². The van der Waals surface area contributed by atoms with E-state index >= 15 is 0 Å². The Balaban J connectivity index is 2.60. The summed E-state index contributed by atoms with van der Waals surface area (Å²) in [5.41, 5.74) is 2.07. The minimum atomic E-state index is 0.872. The molecule has 0 aromatic carbocycles. The topological polar surface area (TPSA) is 26.0 Å². The Bertz CT molecular complexity index is 320. The molecule has 1 aliphatic rings. The molecular weight excluding hydrogens is 138 g/mol. The monoisotopic (exact) mass is 147 g/mol. The quantitative estimate of drug-likeness (QED) is 0.563. The Hall–Kier alpha value is -1.31. The van der Waals surface area contributed by atoms with Crippen molar-refractivity contribution in [2.24, 2.45) is 0 Å². The molecule has 0 radical (unpaired) electrons. The summed E-state index contributed by atoms with van der Waals surface area (Å²) in [4.78, 5) is 0. The second kappa shape index (κ2) is 2.38. The van der Waals surface area contributed by atoms with Gasteiger partial charge < -0.3 is 4.52 Å². The van der Waals surface area contributed by atoms with Gasteiger partial charge in [0.2, 0.25) is 0 Å². The first-order valence-corrected chi connectivity index (χ1v) is 3.67. The Morgan fingerprint density at radius 1 is 1.36 bits per heavy atom. The van der Waals surface area contributed by atoms with E-state index < -0.39 is 0 Å². The number of aryl methyl sites for hydroxylation is 1. The molecule has 1 heterocycles. The van der Waals surface area contributed by atoms with Gasteiger partial charge in [-0.3, -0.25) is 0 Å². The van der Waals surface area contributed by atoms with E-state index in [0.717, 1.165) is 23.4 Å². The van der Waals surface area contributed by atoms with Crippen molar-refractivity contribution in [1.29, 1.82) is 0 Å². The van der Waals surface area contributed by atoms with Crippen LogP contribution in [0.4, 0.5) is 0 Å². The lowest BCUT2D eigenvalue weighted by atomic mass is 10.2. The summed E-state index contributed by atoms with van der Waals surface area (Å²) in [6.45, 7) is 1.95. The molecule has 0 bridgehead atoms. The summed E-state index contributed by atoms with van der Waals surface area (Å²) in [6, 6.07) is 0. The van der Waals surface area contributed by atoms with Gasteiger partial charge in [-0.05, 0) is 19.4 Å². The predicted octanol–water partition coefficient (Wildman–Crippen LogP) is 2.41. The smallest absolute Gasteiger partial charge is 0.166 e. The van der Waals surface area contributed by atoms with Gasteiger partial charge in [0.05, 0.1) is 5.69 Å². The fourth-order valence-electron chi connectivity index (χ4n) is 1.16. The number of aromatic nitrogens is 1. The average Bonchev–Trinajstić information content (AvgIpc) is 2.25. The SMILES string of the molecule is Cc1noc2c1C=CCC=C2. The summed E-state index contributed by atoms with van der Waals surface area (Å²) >= 11 is 0. The first kappa shape index (κ1) is 6.40. The van der Waals surface area contributed by atoms with Gasteiger partial charge in [0, 0.05) is 5.56 Å². The van der Waals surface area contributed by atoms with Crippen molar-refractivity contribution in [1.82, 2.24) is 5.16 Å². The number of hydrogen-bond donors (Lipinski definition) is 0. The maximum atomic E-state index is 5.08. The maximum Gasteiger partial charge on any atom is 0.166 e. The van der Waals surface area contributed by atoms with Crippen LogP contribution >= 0.6 is 0 Å². The summed E-state index contributed by atoms with van der Waals surface area (Å²) in [5.74, 6) is 0.872. The fourth-order valence-corrected chi connectivity index (χ4v) is 1.16. The molecule has 1 aliphatic carbocycles. The Morgan fingerprint density at radius 2 is 2.18 bits per heavy atom. The van der Waals surface area contributed by atoms with Gasteiger partial charge in [-0.15, -0.1) is 0 Å². The van der Waals surface area contributed by atoms with Crippen molar-refractivity contribution in [2.75, 3.05) is 0 Å². The molecule has 11 heavy (non-hydrogen) atoms. The highest BCUT2D eigenvalue weighted by molar-refractivity contribution is 5.64. The van der Waals surface area contributed by atoms with E-state index in [2.05, 4.69) is 23.4 Å². The van der Waals surface area contributed by atoms with E-state index in [9.17, 15) is 0 Å². The molecule has 2 nitrogen and oxygen atoms in total. The molecule has 0 aliphatic heterocycles. The second-order valence-corrected chi connectivity index (χ2v) is 2.59. The molecular formula is C9H9NO. The van der Waals surface area contributed by atoms with Crippen LogP contribution in [0.3, 0.4) is 0 Å². The Morgan fingerprint density at radius 3 is 3.09 bits per heavy atom. The minimum absolute atomic E-state index is 0.872. The van der Waals surface area contributed by atoms with Crippen LogP contribution in [0.5, 0.6) is 0 Å². The molecule has 0 spiro atoms. The number of hydrogen-bond acceptors (Lipinski definition) is 2. The van der Waals surface area contributed by atoms with Crippen molar-refractivity contribution in [3.63, 3.8) is 0 Å². The number of allylic oxidation sites excluding steroid dienone is 2. The van der Waals surface area contributed by atoms with Crippen molar-refractivity contribution in [2.45, 2.75) is 13.3 Å². The first-order valence-electron chi connectivity index (χ1n) is 3.67. The summed E-state index contributed by atoms with van der Waals surface area (Å²) in [6.07, 6.45) is 9.17. The van der Waals surface area contributed by atoms with Crippen molar-refractivity contribution in [3.8, 4) is 0 Å². The van der Waals surface area contributed by atoms with E-state index in [0.29, 0.717) is 0 Å². The normalized spacial score (nSPS) is 14.6. The van der Waals surface area contributed by atoms with Crippen LogP contribution in [0.15, 0.2) is 16.7 Å². The lowest BCUT2D eigenvalue weighted by Crippen LogP contribution is -1.74. The Kier molecular flexibility index (Phi) is 1.39. The molecule has 1 aromatic rings. The average molecular weight is 147 g/mol. The third-order valence-corrected chi connectivity index (χ3v) is 1.76. The number of rotatable bonds is 0. The highest BCUT2D eigenvalue weighted by Gasteiger charge is 2.07. The highest BCUT2D eigenvalue weighted by Crippen LogP contribution is 2.19. The van der Waals surface area contributed by atoms with Crippen LogP contribution < -0.4 is 0 Å². The Labute approximate surface area is 65.2 Å². The van der Waals surface area contributed by atoms with Crippen LogP contribution in [-0.4, -0.2) is 5.16 Å². The molecule has 0 N–H and O–H groups in total. The summed E-state index contributed by atoms with van der Waals surface area (Å²) < 4.78 is 5.08. The van der Waals surface area contributed by atoms with Crippen LogP contribution in [0.2, 0.25) is 0 Å². The minimum Gasteiger partial charge on any atom is -0.356 e. The lowest BCUT2D eigenvalue weighted by molar-refractivity contribution is 0.408. The zero-order valence-corrected chi connectivity index (χ0v) is 6.37. The standard InChI is InChI=1S/C9H9NO/c1-7-8-5-3-2-4-6-9(8)11-10-7/h3-6H,2H2,1H3. The summed E-state index contributed by atoms with van der Waals surface area (Å²) in [5, 5.41) is 3.86. The number of nitrogens with zero attached hydrogens (tertiary/aromatic N) is 1. The predicted molar refractivity (Wildman–Crippen MR) is 43.9 cm³/mol. The van der Waals surface area contributed by atoms with Gasteiger partial charge in [-0.25, -0.2) is 0 Å². The van der Waals surface area contributed by atoms with Crippen LogP contribution in [0.1, 0.15) is 23.4 Å². The lowest BCUT2D eigenvalue weighted by Gasteiger charge is -1.84. The zero-order chi connectivity index (χ0) is 7.68. The summed E-state index contributed by atoms with van der Waals surface area (Å²) in [7, 11) is 0. The van der Waals surface area contributed by atoms with Gasteiger partial charge in [0.1, 0.15) is 0 Å². The largest absolute Gasteiger partial charge is 0.356 e. The van der Waals surface area contributed by atoms with Crippen LogP contribution in [-0.2, 0) is 0 Å². The molecule has 0 saturated carbocycles. The number of fused-ring (bicyclic) bond motifs is 1. The fraction of sp³-hybridized carbons (Fsp3) is 0.222. The highest BCUT2D eigenvalue weighted by atomic mass is 16.5. The molecule has 0 saturated heterocycles. The molecule has 0 atom stereocenters. The van der Waals surface area contributed by atoms with Gasteiger partial charge in [-0.2, -0.15) is 0 Å². The van der Waals surface area contributed by atoms with Gasteiger partial charge >= 0.3 is 0 Å². The third kappa shape index (κ3) is 1.00. The molecule has 56 valence electrons. The van der Waals surface area contributed by atoms with E-state index in [1.54, 1.807) is 0 Å².